The number of nitrogens with zero attached hydrogens (tertiary/aromatic N) is 1. The summed E-state index contributed by atoms with van der Waals surface area (Å²) in [5.41, 5.74) is 7.20. The second-order valence-corrected chi connectivity index (χ2v) is 5.78. The van der Waals surface area contributed by atoms with E-state index in [0.717, 1.165) is 12.0 Å². The van der Waals surface area contributed by atoms with Gasteiger partial charge in [-0.3, -0.25) is 0 Å². The average molecular weight is 252 g/mol. The summed E-state index contributed by atoms with van der Waals surface area (Å²) in [4.78, 5) is 2.12. The molecule has 0 saturated carbocycles. The van der Waals surface area contributed by atoms with Crippen molar-refractivity contribution in [3.63, 3.8) is 0 Å². The molecule has 2 nitrogen and oxygen atoms in total. The molecule has 0 amide bonds. The van der Waals surface area contributed by atoms with Crippen LogP contribution in [0.2, 0.25) is 0 Å². The van der Waals surface area contributed by atoms with Crippen molar-refractivity contribution in [2.24, 2.45) is 11.7 Å². The van der Waals surface area contributed by atoms with Crippen molar-refractivity contribution in [2.45, 2.75) is 38.8 Å². The van der Waals surface area contributed by atoms with E-state index in [-0.39, 0.29) is 11.9 Å². The monoisotopic (exact) mass is 252 g/mol. The van der Waals surface area contributed by atoms with Crippen LogP contribution in [0.5, 0.6) is 0 Å². The van der Waals surface area contributed by atoms with Gasteiger partial charge in [0.2, 0.25) is 0 Å². The molecular formula is C15H25FN2. The smallest absolute Gasteiger partial charge is 0.123 e. The molecule has 2 unspecified atom stereocenters. The number of benzene rings is 1. The fraction of sp³-hybridized carbons (Fsp3) is 0.600. The fourth-order valence-electron chi connectivity index (χ4n) is 2.43. The first-order valence-electron chi connectivity index (χ1n) is 6.48. The first kappa shape index (κ1) is 15.1. The van der Waals surface area contributed by atoms with Crippen LogP contribution in [0.15, 0.2) is 24.3 Å². The Morgan fingerprint density at radius 3 is 2.06 bits per heavy atom. The number of likely N-dealkylation sites (N-methyl/N-ethyl adjacent to an activating group) is 1. The summed E-state index contributed by atoms with van der Waals surface area (Å²) in [7, 11) is 4.05. The second kappa shape index (κ2) is 5.81. The lowest BCUT2D eigenvalue weighted by Gasteiger charge is -2.41. The molecule has 2 atom stereocenters. The highest BCUT2D eigenvalue weighted by Gasteiger charge is 2.35. The van der Waals surface area contributed by atoms with Crippen molar-refractivity contribution in [1.82, 2.24) is 4.90 Å². The van der Waals surface area contributed by atoms with Gasteiger partial charge in [-0.15, -0.1) is 0 Å². The Hall–Kier alpha value is -0.930. The van der Waals surface area contributed by atoms with E-state index in [4.69, 9.17) is 5.73 Å². The molecule has 1 aromatic rings. The van der Waals surface area contributed by atoms with Crippen LogP contribution in [-0.4, -0.2) is 25.0 Å². The maximum absolute atomic E-state index is 13.0. The summed E-state index contributed by atoms with van der Waals surface area (Å²) in [6.45, 7) is 6.44. The molecule has 2 N–H and O–H groups in total. The van der Waals surface area contributed by atoms with Crippen LogP contribution in [0.1, 0.15) is 32.8 Å². The van der Waals surface area contributed by atoms with Gasteiger partial charge < -0.3 is 10.6 Å². The van der Waals surface area contributed by atoms with Crippen LogP contribution in [0, 0.1) is 11.7 Å². The minimum Gasteiger partial charge on any atom is -0.320 e. The number of hydrogen-bond donors (Lipinski definition) is 1. The second-order valence-electron chi connectivity index (χ2n) is 5.78. The summed E-state index contributed by atoms with van der Waals surface area (Å²) in [5.74, 6) is 0.269. The lowest BCUT2D eigenvalue weighted by molar-refractivity contribution is 0.167. The highest BCUT2D eigenvalue weighted by molar-refractivity contribution is 5.26. The molecule has 3 heteroatoms. The zero-order valence-electron chi connectivity index (χ0n) is 12.1. The van der Waals surface area contributed by atoms with Crippen LogP contribution in [-0.2, 0) is 5.54 Å². The van der Waals surface area contributed by atoms with Crippen molar-refractivity contribution in [3.8, 4) is 0 Å². The molecule has 1 aromatic carbocycles. The molecule has 0 aliphatic carbocycles. The molecular weight excluding hydrogens is 227 g/mol. The Morgan fingerprint density at radius 2 is 1.67 bits per heavy atom. The van der Waals surface area contributed by atoms with E-state index in [0.29, 0.717) is 5.92 Å². The summed E-state index contributed by atoms with van der Waals surface area (Å²) in [5, 5.41) is 0. The number of halogens is 1. The Bertz CT molecular complexity index is 373. The molecule has 102 valence electrons. The highest BCUT2D eigenvalue weighted by Crippen LogP contribution is 2.31. The van der Waals surface area contributed by atoms with Gasteiger partial charge in [-0.1, -0.05) is 26.0 Å². The van der Waals surface area contributed by atoms with E-state index in [2.05, 4.69) is 25.7 Å². The van der Waals surface area contributed by atoms with Crippen molar-refractivity contribution >= 4 is 0 Å². The molecule has 0 aliphatic heterocycles. The molecule has 0 aromatic heterocycles. The minimum atomic E-state index is -0.453. The van der Waals surface area contributed by atoms with Crippen LogP contribution in [0.4, 0.5) is 4.39 Å². The predicted molar refractivity (Wildman–Crippen MR) is 74.9 cm³/mol. The maximum Gasteiger partial charge on any atom is 0.123 e. The molecule has 0 aliphatic rings. The van der Waals surface area contributed by atoms with Gasteiger partial charge in [0.05, 0.1) is 5.54 Å². The summed E-state index contributed by atoms with van der Waals surface area (Å²) in [6, 6.07) is 6.76. The molecule has 0 bridgehead atoms. The van der Waals surface area contributed by atoms with E-state index in [1.54, 1.807) is 12.1 Å². The van der Waals surface area contributed by atoms with Gasteiger partial charge in [0.1, 0.15) is 5.82 Å². The highest BCUT2D eigenvalue weighted by atomic mass is 19.1. The summed E-state index contributed by atoms with van der Waals surface area (Å²) >= 11 is 0. The molecule has 0 fully saturated rings. The van der Waals surface area contributed by atoms with Gasteiger partial charge >= 0.3 is 0 Å². The SMILES string of the molecule is CC(C)CC(N)(c1ccc(F)cc1)C(C)N(C)C. The van der Waals surface area contributed by atoms with Crippen molar-refractivity contribution in [3.05, 3.63) is 35.6 Å². The zero-order valence-corrected chi connectivity index (χ0v) is 12.1. The molecule has 0 saturated heterocycles. The Kier molecular flexibility index (Phi) is 4.88. The number of nitrogens with two attached hydrogens (primary N) is 1. The van der Waals surface area contributed by atoms with E-state index in [9.17, 15) is 4.39 Å². The van der Waals surface area contributed by atoms with Gasteiger partial charge in [-0.05, 0) is 51.1 Å². The molecule has 18 heavy (non-hydrogen) atoms. The van der Waals surface area contributed by atoms with E-state index >= 15 is 0 Å². The third kappa shape index (κ3) is 3.30. The van der Waals surface area contributed by atoms with Crippen LogP contribution in [0.3, 0.4) is 0 Å². The van der Waals surface area contributed by atoms with Gasteiger partial charge in [-0.2, -0.15) is 0 Å². The lowest BCUT2D eigenvalue weighted by Crippen LogP contribution is -2.53. The van der Waals surface area contributed by atoms with Gasteiger partial charge in [0, 0.05) is 6.04 Å². The van der Waals surface area contributed by atoms with Crippen LogP contribution in [0.25, 0.3) is 0 Å². The lowest BCUT2D eigenvalue weighted by atomic mass is 9.77. The molecule has 0 spiro atoms. The Labute approximate surface area is 110 Å². The van der Waals surface area contributed by atoms with Crippen LogP contribution >= 0.6 is 0 Å². The van der Waals surface area contributed by atoms with Crippen LogP contribution < -0.4 is 5.73 Å². The van der Waals surface area contributed by atoms with E-state index < -0.39 is 5.54 Å². The quantitative estimate of drug-likeness (QED) is 0.873. The fourth-order valence-corrected chi connectivity index (χ4v) is 2.43. The first-order chi connectivity index (χ1) is 8.27. The largest absolute Gasteiger partial charge is 0.320 e. The zero-order chi connectivity index (χ0) is 13.9. The molecule has 0 radical (unpaired) electrons. The minimum absolute atomic E-state index is 0.186. The van der Waals surface area contributed by atoms with Crippen molar-refractivity contribution in [2.75, 3.05) is 14.1 Å². The summed E-state index contributed by atoms with van der Waals surface area (Å²) in [6.07, 6.45) is 0.873. The maximum atomic E-state index is 13.0. The van der Waals surface area contributed by atoms with E-state index in [1.807, 2.05) is 14.1 Å². The van der Waals surface area contributed by atoms with Crippen molar-refractivity contribution in [1.29, 1.82) is 0 Å². The van der Waals surface area contributed by atoms with Crippen molar-refractivity contribution < 1.29 is 4.39 Å². The topological polar surface area (TPSA) is 29.3 Å². The number of hydrogen-bond acceptors (Lipinski definition) is 2. The third-order valence-corrected chi connectivity index (χ3v) is 3.65. The number of rotatable bonds is 5. The normalized spacial score (nSPS) is 16.9. The Morgan fingerprint density at radius 1 is 1.17 bits per heavy atom. The predicted octanol–water partition coefficient (Wildman–Crippen LogP) is 2.98. The summed E-state index contributed by atoms with van der Waals surface area (Å²) < 4.78 is 13.0. The Balaban J connectivity index is 3.15. The first-order valence-corrected chi connectivity index (χ1v) is 6.48. The van der Waals surface area contributed by atoms with E-state index in [1.165, 1.54) is 12.1 Å². The van der Waals surface area contributed by atoms with Gasteiger partial charge in [0.15, 0.2) is 0 Å². The third-order valence-electron chi connectivity index (χ3n) is 3.65. The van der Waals surface area contributed by atoms with Gasteiger partial charge in [0.25, 0.3) is 0 Å². The van der Waals surface area contributed by atoms with Gasteiger partial charge in [-0.25, -0.2) is 4.39 Å². The molecule has 0 heterocycles. The standard InChI is InChI=1S/C15H25FN2/c1-11(2)10-15(17,12(3)18(4)5)13-6-8-14(16)9-7-13/h6-9,11-12H,10,17H2,1-5H3. The molecule has 1 rings (SSSR count). The average Bonchev–Trinajstić information content (AvgIpc) is 2.27.